The number of nitrogens with one attached hydrogen (secondary N) is 2. The number of guanidine groups is 1. The van der Waals surface area contributed by atoms with Crippen LogP contribution in [-0.2, 0) is 4.74 Å². The molecule has 2 fully saturated rings. The van der Waals surface area contributed by atoms with Gasteiger partial charge in [-0.05, 0) is 70.3 Å². The molecule has 0 aromatic heterocycles. The number of aryl methyl sites for hydroxylation is 1. The number of likely N-dealkylation sites (tertiary alicyclic amines) is 1. The monoisotopic (exact) mass is 529 g/mol. The Balaban J connectivity index is 0.00000320. The number of rotatable bonds is 8. The van der Waals surface area contributed by atoms with Crippen molar-refractivity contribution in [1.82, 2.24) is 15.5 Å². The second-order valence-electron chi connectivity index (χ2n) is 8.30. The SMILES string of the molecule is CCN(CCNC(=NC)NCC1(N2CCCC2)CCOCC1)c1cccc(C)c1.I. The van der Waals surface area contributed by atoms with E-state index in [1.807, 2.05) is 7.05 Å². The number of hydrogen-bond acceptors (Lipinski definition) is 4. The van der Waals surface area contributed by atoms with E-state index in [1.165, 1.54) is 37.2 Å². The average Bonchev–Trinajstić information content (AvgIpc) is 3.30. The fourth-order valence-corrected chi connectivity index (χ4v) is 4.62. The van der Waals surface area contributed by atoms with Crippen LogP contribution in [0.5, 0.6) is 0 Å². The molecule has 0 saturated carbocycles. The molecule has 0 spiro atoms. The molecule has 7 heteroatoms. The fourth-order valence-electron chi connectivity index (χ4n) is 4.62. The Kier molecular flexibility index (Phi) is 10.7. The van der Waals surface area contributed by atoms with Gasteiger partial charge in [0.1, 0.15) is 0 Å². The summed E-state index contributed by atoms with van der Waals surface area (Å²) in [4.78, 5) is 9.55. The fraction of sp³-hybridized carbons (Fsp3) is 0.696. The highest BCUT2D eigenvalue weighted by molar-refractivity contribution is 14.0. The zero-order valence-electron chi connectivity index (χ0n) is 19.0. The number of aliphatic imine (C=N–C) groups is 1. The van der Waals surface area contributed by atoms with E-state index in [0.29, 0.717) is 0 Å². The van der Waals surface area contributed by atoms with Crippen LogP contribution in [-0.4, -0.2) is 75.9 Å². The molecule has 0 aliphatic carbocycles. The summed E-state index contributed by atoms with van der Waals surface area (Å²) in [6.07, 6.45) is 4.85. The van der Waals surface area contributed by atoms with Crippen LogP contribution < -0.4 is 15.5 Å². The van der Waals surface area contributed by atoms with E-state index in [-0.39, 0.29) is 29.5 Å². The number of ether oxygens (including phenoxy) is 1. The van der Waals surface area contributed by atoms with E-state index in [9.17, 15) is 0 Å². The van der Waals surface area contributed by atoms with Crippen molar-refractivity contribution in [3.05, 3.63) is 29.8 Å². The first-order chi connectivity index (χ1) is 14.2. The topological polar surface area (TPSA) is 52.1 Å². The van der Waals surface area contributed by atoms with Crippen LogP contribution in [0.3, 0.4) is 0 Å². The van der Waals surface area contributed by atoms with Crippen molar-refractivity contribution in [1.29, 1.82) is 0 Å². The highest BCUT2D eigenvalue weighted by Crippen LogP contribution is 2.30. The number of nitrogens with zero attached hydrogens (tertiary/aromatic N) is 3. The predicted octanol–water partition coefficient (Wildman–Crippen LogP) is 3.25. The van der Waals surface area contributed by atoms with Crippen molar-refractivity contribution in [2.75, 3.05) is 64.4 Å². The lowest BCUT2D eigenvalue weighted by Gasteiger charge is -2.45. The molecular weight excluding hydrogens is 489 g/mol. The lowest BCUT2D eigenvalue weighted by Crippen LogP contribution is -2.58. The maximum Gasteiger partial charge on any atom is 0.191 e. The van der Waals surface area contributed by atoms with Crippen LogP contribution in [0.1, 0.15) is 38.2 Å². The van der Waals surface area contributed by atoms with Gasteiger partial charge in [0.2, 0.25) is 0 Å². The van der Waals surface area contributed by atoms with Gasteiger partial charge in [-0.3, -0.25) is 9.89 Å². The van der Waals surface area contributed by atoms with Gasteiger partial charge in [-0.1, -0.05) is 12.1 Å². The zero-order chi connectivity index (χ0) is 20.5. The number of likely N-dealkylation sites (N-methyl/N-ethyl adjacent to an activating group) is 1. The molecule has 170 valence electrons. The van der Waals surface area contributed by atoms with Crippen LogP contribution in [0, 0.1) is 6.92 Å². The van der Waals surface area contributed by atoms with Crippen molar-refractivity contribution in [3.63, 3.8) is 0 Å². The molecule has 2 heterocycles. The van der Waals surface area contributed by atoms with E-state index in [0.717, 1.165) is 58.2 Å². The highest BCUT2D eigenvalue weighted by atomic mass is 127. The van der Waals surface area contributed by atoms with Crippen LogP contribution in [0.2, 0.25) is 0 Å². The van der Waals surface area contributed by atoms with Crippen molar-refractivity contribution >= 4 is 35.6 Å². The average molecular weight is 530 g/mol. The Hall–Kier alpha value is -1.06. The standard InChI is InChI=1S/C23H39N5O.HI/c1-4-27(21-9-7-8-20(2)18-21)15-12-25-22(24-3)26-19-23(10-16-29-17-11-23)28-13-5-6-14-28;/h7-9,18H,4-6,10-17,19H2,1-3H3,(H2,24,25,26);1H. The second-order valence-corrected chi connectivity index (χ2v) is 8.30. The molecule has 0 radical (unpaired) electrons. The molecule has 6 nitrogen and oxygen atoms in total. The Bertz CT molecular complexity index is 657. The molecule has 0 bridgehead atoms. The summed E-state index contributed by atoms with van der Waals surface area (Å²) >= 11 is 0. The van der Waals surface area contributed by atoms with Crippen LogP contribution in [0.25, 0.3) is 0 Å². The molecule has 2 aliphatic rings. The minimum Gasteiger partial charge on any atom is -0.381 e. The molecule has 1 aromatic carbocycles. The van der Waals surface area contributed by atoms with Crippen molar-refractivity contribution in [2.24, 2.45) is 4.99 Å². The first-order valence-electron chi connectivity index (χ1n) is 11.3. The molecule has 0 atom stereocenters. The van der Waals surface area contributed by atoms with Crippen molar-refractivity contribution in [3.8, 4) is 0 Å². The number of halogens is 1. The molecule has 2 N–H and O–H groups in total. The van der Waals surface area contributed by atoms with Crippen molar-refractivity contribution < 1.29 is 4.74 Å². The predicted molar refractivity (Wildman–Crippen MR) is 137 cm³/mol. The third-order valence-electron chi connectivity index (χ3n) is 6.43. The number of anilines is 1. The van der Waals surface area contributed by atoms with Gasteiger partial charge in [0.15, 0.2) is 5.96 Å². The molecule has 3 rings (SSSR count). The van der Waals surface area contributed by atoms with Gasteiger partial charge in [0.25, 0.3) is 0 Å². The molecule has 30 heavy (non-hydrogen) atoms. The van der Waals surface area contributed by atoms with Gasteiger partial charge in [-0.15, -0.1) is 24.0 Å². The first kappa shape index (κ1) is 25.2. The van der Waals surface area contributed by atoms with Crippen LogP contribution >= 0.6 is 24.0 Å². The summed E-state index contributed by atoms with van der Waals surface area (Å²) < 4.78 is 5.67. The van der Waals surface area contributed by atoms with E-state index >= 15 is 0 Å². The van der Waals surface area contributed by atoms with E-state index in [4.69, 9.17) is 4.74 Å². The summed E-state index contributed by atoms with van der Waals surface area (Å²) in [6.45, 7) is 12.3. The van der Waals surface area contributed by atoms with Gasteiger partial charge in [-0.25, -0.2) is 0 Å². The normalized spacial score (nSPS) is 19.2. The second kappa shape index (κ2) is 12.7. The van der Waals surface area contributed by atoms with Gasteiger partial charge < -0.3 is 20.3 Å². The third-order valence-corrected chi connectivity index (χ3v) is 6.43. The number of hydrogen-bond donors (Lipinski definition) is 2. The summed E-state index contributed by atoms with van der Waals surface area (Å²) in [6, 6.07) is 8.72. The third kappa shape index (κ3) is 6.72. The van der Waals surface area contributed by atoms with Gasteiger partial charge in [0, 0.05) is 57.7 Å². The van der Waals surface area contributed by atoms with E-state index in [2.05, 4.69) is 63.5 Å². The van der Waals surface area contributed by atoms with E-state index in [1.54, 1.807) is 0 Å². The molecule has 1 aromatic rings. The highest BCUT2D eigenvalue weighted by Gasteiger charge is 2.39. The maximum absolute atomic E-state index is 5.67. The quantitative estimate of drug-likeness (QED) is 0.308. The lowest BCUT2D eigenvalue weighted by atomic mass is 9.88. The minimum absolute atomic E-state index is 0. The maximum atomic E-state index is 5.67. The largest absolute Gasteiger partial charge is 0.381 e. The van der Waals surface area contributed by atoms with Crippen LogP contribution in [0.15, 0.2) is 29.3 Å². The molecule has 2 saturated heterocycles. The first-order valence-corrected chi connectivity index (χ1v) is 11.3. The summed E-state index contributed by atoms with van der Waals surface area (Å²) in [5, 5.41) is 7.13. The summed E-state index contributed by atoms with van der Waals surface area (Å²) in [7, 11) is 1.86. The van der Waals surface area contributed by atoms with Gasteiger partial charge >= 0.3 is 0 Å². The summed E-state index contributed by atoms with van der Waals surface area (Å²) in [5.41, 5.74) is 2.80. The number of benzene rings is 1. The Morgan fingerprint density at radius 1 is 1.20 bits per heavy atom. The molecular formula is C23H40IN5O. The van der Waals surface area contributed by atoms with Crippen molar-refractivity contribution in [2.45, 2.75) is 45.1 Å². The van der Waals surface area contributed by atoms with Gasteiger partial charge in [-0.2, -0.15) is 0 Å². The molecule has 0 amide bonds. The van der Waals surface area contributed by atoms with Crippen LogP contribution in [0.4, 0.5) is 5.69 Å². The van der Waals surface area contributed by atoms with E-state index < -0.39 is 0 Å². The van der Waals surface area contributed by atoms with Gasteiger partial charge in [0.05, 0.1) is 0 Å². The Labute approximate surface area is 199 Å². The zero-order valence-corrected chi connectivity index (χ0v) is 21.3. The minimum atomic E-state index is 0. The molecule has 0 unspecified atom stereocenters. The Morgan fingerprint density at radius 2 is 1.93 bits per heavy atom. The lowest BCUT2D eigenvalue weighted by molar-refractivity contribution is -0.0164. The summed E-state index contributed by atoms with van der Waals surface area (Å²) in [5.74, 6) is 0.898. The smallest absolute Gasteiger partial charge is 0.191 e. The Morgan fingerprint density at radius 3 is 2.57 bits per heavy atom. The molecule has 2 aliphatic heterocycles.